The van der Waals surface area contributed by atoms with E-state index in [0.717, 1.165) is 0 Å². The lowest BCUT2D eigenvalue weighted by atomic mass is 10.2. The Balaban J connectivity index is 2.82. The highest BCUT2D eigenvalue weighted by atomic mass is 19.1. The van der Waals surface area contributed by atoms with Crippen molar-refractivity contribution in [2.24, 2.45) is 5.73 Å². The molecular formula is C11H16FNO. The fourth-order valence-corrected chi connectivity index (χ4v) is 1.02. The Hall–Kier alpha value is -1.09. The average molecular weight is 197 g/mol. The number of rotatable bonds is 3. The Kier molecular flexibility index (Phi) is 3.47. The summed E-state index contributed by atoms with van der Waals surface area (Å²) in [5.74, 6) is -0.0326. The third-order valence-electron chi connectivity index (χ3n) is 2.21. The molecule has 0 saturated carbocycles. The average Bonchev–Trinajstić information content (AvgIpc) is 2.12. The maximum absolute atomic E-state index is 13.5. The fourth-order valence-electron chi connectivity index (χ4n) is 1.02. The molecule has 2 nitrogen and oxygen atoms in total. The van der Waals surface area contributed by atoms with Crippen LogP contribution >= 0.6 is 0 Å². The molecule has 0 bridgehead atoms. The van der Waals surface area contributed by atoms with Crippen molar-refractivity contribution in [3.8, 4) is 5.75 Å². The Morgan fingerprint density at radius 1 is 1.36 bits per heavy atom. The summed E-state index contributed by atoms with van der Waals surface area (Å²) >= 11 is 0. The zero-order valence-electron chi connectivity index (χ0n) is 8.75. The smallest absolute Gasteiger partial charge is 0.167 e. The molecule has 0 aliphatic carbocycles. The molecule has 0 aliphatic rings. The monoisotopic (exact) mass is 197 g/mol. The van der Waals surface area contributed by atoms with E-state index in [2.05, 4.69) is 0 Å². The SMILES string of the molecule is Cc1cccc(OC(C)[C@H](C)N)c1F. The van der Waals surface area contributed by atoms with Gasteiger partial charge in [-0.05, 0) is 32.4 Å². The number of ether oxygens (including phenoxy) is 1. The first-order valence-electron chi connectivity index (χ1n) is 4.69. The van der Waals surface area contributed by atoms with Gasteiger partial charge in [0.25, 0.3) is 0 Å². The molecular weight excluding hydrogens is 181 g/mol. The van der Waals surface area contributed by atoms with Crippen LogP contribution in [0.3, 0.4) is 0 Å². The fraction of sp³-hybridized carbons (Fsp3) is 0.455. The minimum absolute atomic E-state index is 0.116. The van der Waals surface area contributed by atoms with Crippen LogP contribution in [0.2, 0.25) is 0 Å². The molecule has 0 saturated heterocycles. The van der Waals surface area contributed by atoms with Gasteiger partial charge >= 0.3 is 0 Å². The van der Waals surface area contributed by atoms with Crippen LogP contribution < -0.4 is 10.5 Å². The third-order valence-corrected chi connectivity index (χ3v) is 2.21. The summed E-state index contributed by atoms with van der Waals surface area (Å²) < 4.78 is 18.8. The van der Waals surface area contributed by atoms with Crippen LogP contribution in [0, 0.1) is 12.7 Å². The molecule has 1 rings (SSSR count). The molecule has 0 heterocycles. The molecule has 3 heteroatoms. The number of halogens is 1. The number of hydrogen-bond acceptors (Lipinski definition) is 2. The molecule has 0 amide bonds. The highest BCUT2D eigenvalue weighted by Gasteiger charge is 2.12. The maximum Gasteiger partial charge on any atom is 0.167 e. The topological polar surface area (TPSA) is 35.2 Å². The van der Waals surface area contributed by atoms with Crippen LogP contribution in [0.1, 0.15) is 19.4 Å². The van der Waals surface area contributed by atoms with Crippen LogP contribution in [0.25, 0.3) is 0 Å². The van der Waals surface area contributed by atoms with E-state index in [9.17, 15) is 4.39 Å². The van der Waals surface area contributed by atoms with Crippen molar-refractivity contribution in [2.45, 2.75) is 32.9 Å². The van der Waals surface area contributed by atoms with E-state index in [-0.39, 0.29) is 23.7 Å². The van der Waals surface area contributed by atoms with Crippen molar-refractivity contribution in [1.82, 2.24) is 0 Å². The minimum atomic E-state index is -0.306. The molecule has 78 valence electrons. The quantitative estimate of drug-likeness (QED) is 0.806. The van der Waals surface area contributed by atoms with Gasteiger partial charge in [0.15, 0.2) is 11.6 Å². The molecule has 1 aromatic carbocycles. The van der Waals surface area contributed by atoms with Gasteiger partial charge in [-0.2, -0.15) is 0 Å². The van der Waals surface area contributed by atoms with E-state index in [1.807, 2.05) is 13.8 Å². The first kappa shape index (κ1) is 11.0. The van der Waals surface area contributed by atoms with Crippen molar-refractivity contribution in [2.75, 3.05) is 0 Å². The first-order chi connectivity index (χ1) is 6.52. The van der Waals surface area contributed by atoms with Gasteiger partial charge in [-0.15, -0.1) is 0 Å². The van der Waals surface area contributed by atoms with Gasteiger partial charge in [0.05, 0.1) is 0 Å². The Morgan fingerprint density at radius 3 is 2.57 bits per heavy atom. The highest BCUT2D eigenvalue weighted by molar-refractivity contribution is 5.30. The van der Waals surface area contributed by atoms with Gasteiger partial charge < -0.3 is 10.5 Å². The molecule has 0 radical (unpaired) electrons. The zero-order chi connectivity index (χ0) is 10.7. The van der Waals surface area contributed by atoms with E-state index in [0.29, 0.717) is 5.56 Å². The summed E-state index contributed by atoms with van der Waals surface area (Å²) in [6, 6.07) is 4.97. The van der Waals surface area contributed by atoms with Gasteiger partial charge in [-0.1, -0.05) is 12.1 Å². The van der Waals surface area contributed by atoms with Crippen LogP contribution in [-0.2, 0) is 0 Å². The summed E-state index contributed by atoms with van der Waals surface area (Å²) in [7, 11) is 0. The summed E-state index contributed by atoms with van der Waals surface area (Å²) in [5, 5.41) is 0. The molecule has 0 fully saturated rings. The van der Waals surface area contributed by atoms with Crippen LogP contribution in [-0.4, -0.2) is 12.1 Å². The molecule has 0 aromatic heterocycles. The Morgan fingerprint density at radius 2 is 2.00 bits per heavy atom. The molecule has 2 N–H and O–H groups in total. The highest BCUT2D eigenvalue weighted by Crippen LogP contribution is 2.21. The predicted octanol–water partition coefficient (Wildman–Crippen LogP) is 2.25. The van der Waals surface area contributed by atoms with E-state index < -0.39 is 0 Å². The molecule has 2 atom stereocenters. The van der Waals surface area contributed by atoms with E-state index in [4.69, 9.17) is 10.5 Å². The van der Waals surface area contributed by atoms with E-state index in [1.54, 1.807) is 25.1 Å². The van der Waals surface area contributed by atoms with Crippen molar-refractivity contribution in [3.63, 3.8) is 0 Å². The number of hydrogen-bond donors (Lipinski definition) is 1. The third kappa shape index (κ3) is 2.45. The molecule has 1 aromatic rings. The molecule has 0 aliphatic heterocycles. The largest absolute Gasteiger partial charge is 0.486 e. The van der Waals surface area contributed by atoms with Gasteiger partial charge in [-0.3, -0.25) is 0 Å². The lowest BCUT2D eigenvalue weighted by molar-refractivity contribution is 0.188. The van der Waals surface area contributed by atoms with Crippen molar-refractivity contribution >= 4 is 0 Å². The standard InChI is InChI=1S/C11H16FNO/c1-7-5-4-6-10(11(7)12)14-9(3)8(2)13/h4-6,8-9H,13H2,1-3H3/t8-,9?/m0/s1. The lowest BCUT2D eigenvalue weighted by Gasteiger charge is -2.18. The molecule has 0 spiro atoms. The summed E-state index contributed by atoms with van der Waals surface area (Å²) in [4.78, 5) is 0. The summed E-state index contributed by atoms with van der Waals surface area (Å²) in [5.41, 5.74) is 6.21. The van der Waals surface area contributed by atoms with Gasteiger partial charge in [0.2, 0.25) is 0 Å². The zero-order valence-corrected chi connectivity index (χ0v) is 8.75. The second-order valence-corrected chi connectivity index (χ2v) is 3.57. The molecule has 14 heavy (non-hydrogen) atoms. The lowest BCUT2D eigenvalue weighted by Crippen LogP contribution is -2.33. The van der Waals surface area contributed by atoms with E-state index >= 15 is 0 Å². The number of nitrogens with two attached hydrogens (primary N) is 1. The van der Waals surface area contributed by atoms with Crippen molar-refractivity contribution < 1.29 is 9.13 Å². The normalized spacial score (nSPS) is 14.9. The molecule has 1 unspecified atom stereocenters. The summed E-state index contributed by atoms with van der Waals surface area (Å²) in [6.45, 7) is 5.36. The predicted molar refractivity (Wildman–Crippen MR) is 54.9 cm³/mol. The summed E-state index contributed by atoms with van der Waals surface area (Å²) in [6.07, 6.45) is -0.189. The van der Waals surface area contributed by atoms with Crippen LogP contribution in [0.15, 0.2) is 18.2 Å². The number of aryl methyl sites for hydroxylation is 1. The number of benzene rings is 1. The van der Waals surface area contributed by atoms with Crippen molar-refractivity contribution in [1.29, 1.82) is 0 Å². The van der Waals surface area contributed by atoms with Crippen molar-refractivity contribution in [3.05, 3.63) is 29.6 Å². The first-order valence-corrected chi connectivity index (χ1v) is 4.69. The Labute approximate surface area is 83.9 Å². The van der Waals surface area contributed by atoms with Gasteiger partial charge in [0.1, 0.15) is 6.10 Å². The second-order valence-electron chi connectivity index (χ2n) is 3.57. The minimum Gasteiger partial charge on any atom is -0.486 e. The van der Waals surface area contributed by atoms with Crippen LogP contribution in [0.5, 0.6) is 5.75 Å². The maximum atomic E-state index is 13.5. The van der Waals surface area contributed by atoms with Crippen LogP contribution in [0.4, 0.5) is 4.39 Å². The Bertz CT molecular complexity index is 312. The van der Waals surface area contributed by atoms with Gasteiger partial charge in [-0.25, -0.2) is 4.39 Å². The second kappa shape index (κ2) is 4.42. The van der Waals surface area contributed by atoms with E-state index in [1.165, 1.54) is 0 Å². The van der Waals surface area contributed by atoms with Gasteiger partial charge in [0, 0.05) is 6.04 Å².